The molecule has 136 valence electrons. The number of carbonyl (C=O) groups excluding carboxylic acids is 1. The molecule has 0 bridgehead atoms. The first-order valence-electron chi connectivity index (χ1n) is 8.41. The van der Waals surface area contributed by atoms with Crippen molar-refractivity contribution in [3.05, 3.63) is 59.4 Å². The first kappa shape index (κ1) is 18.2. The van der Waals surface area contributed by atoms with Gasteiger partial charge in [-0.25, -0.2) is 8.42 Å². The topological polar surface area (TPSA) is 76.4 Å². The molecule has 0 aliphatic heterocycles. The number of hydrogen-bond acceptors (Lipinski definition) is 4. The summed E-state index contributed by atoms with van der Waals surface area (Å²) in [5.74, 6) is -0.310. The van der Waals surface area contributed by atoms with E-state index >= 15 is 0 Å². The Balaban J connectivity index is 1.86. The number of amides is 1. The van der Waals surface area contributed by atoms with Crippen molar-refractivity contribution in [2.24, 2.45) is 0 Å². The number of benzene rings is 2. The van der Waals surface area contributed by atoms with Gasteiger partial charge in [-0.3, -0.25) is 4.79 Å². The van der Waals surface area contributed by atoms with E-state index in [1.54, 1.807) is 31.4 Å². The third kappa shape index (κ3) is 3.37. The van der Waals surface area contributed by atoms with Crippen LogP contribution in [0.5, 0.6) is 0 Å². The number of fused-ring (bicyclic) bond motifs is 1. The average Bonchev–Trinajstić information content (AvgIpc) is 3.02. The highest BCUT2D eigenvalue weighted by molar-refractivity contribution is 7.91. The van der Waals surface area contributed by atoms with Crippen LogP contribution in [0.2, 0.25) is 0 Å². The highest BCUT2D eigenvalue weighted by atomic mass is 32.2. The molecule has 6 heteroatoms. The van der Waals surface area contributed by atoms with Gasteiger partial charge in [0, 0.05) is 10.9 Å². The molecule has 0 unspecified atom stereocenters. The zero-order valence-electron chi connectivity index (χ0n) is 15.0. The highest BCUT2D eigenvalue weighted by Crippen LogP contribution is 2.27. The maximum atomic E-state index is 12.5. The Morgan fingerprint density at radius 1 is 1.12 bits per heavy atom. The molecule has 1 heterocycles. The summed E-state index contributed by atoms with van der Waals surface area (Å²) in [7, 11) is -3.41. The van der Waals surface area contributed by atoms with E-state index in [1.807, 2.05) is 26.0 Å². The zero-order chi connectivity index (χ0) is 18.9. The molecule has 1 amide bonds. The van der Waals surface area contributed by atoms with E-state index in [2.05, 4.69) is 5.32 Å². The first-order chi connectivity index (χ1) is 12.3. The number of furan rings is 1. The Hall–Kier alpha value is -2.60. The van der Waals surface area contributed by atoms with E-state index < -0.39 is 9.84 Å². The van der Waals surface area contributed by atoms with Crippen LogP contribution in [0.3, 0.4) is 0 Å². The number of hydrogen-bond donors (Lipinski definition) is 1. The number of rotatable bonds is 5. The molecule has 0 aliphatic carbocycles. The fourth-order valence-electron chi connectivity index (χ4n) is 2.89. The van der Waals surface area contributed by atoms with Gasteiger partial charge < -0.3 is 9.73 Å². The molecule has 5 nitrogen and oxygen atoms in total. The molecule has 3 aromatic rings. The Kier molecular flexibility index (Phi) is 4.87. The summed E-state index contributed by atoms with van der Waals surface area (Å²) in [6.45, 7) is 5.57. The molecule has 1 aromatic heterocycles. The van der Waals surface area contributed by atoms with Crippen molar-refractivity contribution < 1.29 is 17.6 Å². The number of aryl methyl sites for hydroxylation is 2. The average molecular weight is 371 g/mol. The van der Waals surface area contributed by atoms with Gasteiger partial charge in [0.05, 0.1) is 29.0 Å². The summed E-state index contributed by atoms with van der Waals surface area (Å²) < 4.78 is 30.0. The lowest BCUT2D eigenvalue weighted by Gasteiger charge is -2.10. The van der Waals surface area contributed by atoms with Crippen LogP contribution in [-0.2, 0) is 21.1 Å². The van der Waals surface area contributed by atoms with Gasteiger partial charge in [-0.15, -0.1) is 0 Å². The van der Waals surface area contributed by atoms with Crippen LogP contribution in [0, 0.1) is 13.8 Å². The molecule has 2 aromatic carbocycles. The van der Waals surface area contributed by atoms with E-state index in [-0.39, 0.29) is 23.0 Å². The van der Waals surface area contributed by atoms with Crippen LogP contribution >= 0.6 is 0 Å². The number of carbonyl (C=O) groups is 1. The maximum Gasteiger partial charge on any atom is 0.228 e. The fourth-order valence-corrected chi connectivity index (χ4v) is 3.94. The standard InChI is InChI=1S/C20H21NO4S/c1-4-26(23,24)18-8-6-5-7-17(18)21-19(22)11-15-12-25-20-14(3)13(2)9-10-16(15)20/h5-10,12H,4,11H2,1-3H3,(H,21,22). The molecular formula is C20H21NO4S. The van der Waals surface area contributed by atoms with E-state index in [4.69, 9.17) is 4.42 Å². The number of anilines is 1. The third-order valence-corrected chi connectivity index (χ3v) is 6.36. The Morgan fingerprint density at radius 2 is 1.85 bits per heavy atom. The molecule has 0 radical (unpaired) electrons. The van der Waals surface area contributed by atoms with Crippen LogP contribution in [0.1, 0.15) is 23.6 Å². The summed E-state index contributed by atoms with van der Waals surface area (Å²) in [5.41, 5.74) is 4.03. The summed E-state index contributed by atoms with van der Waals surface area (Å²) >= 11 is 0. The van der Waals surface area contributed by atoms with Gasteiger partial charge in [-0.05, 0) is 37.1 Å². The van der Waals surface area contributed by atoms with Gasteiger partial charge in [0.2, 0.25) is 5.91 Å². The molecule has 0 spiro atoms. The van der Waals surface area contributed by atoms with Crippen LogP contribution in [0.15, 0.2) is 52.0 Å². The normalized spacial score (nSPS) is 11.7. The minimum Gasteiger partial charge on any atom is -0.464 e. The monoisotopic (exact) mass is 371 g/mol. The zero-order valence-corrected chi connectivity index (χ0v) is 15.8. The van der Waals surface area contributed by atoms with Crippen LogP contribution in [-0.4, -0.2) is 20.1 Å². The van der Waals surface area contributed by atoms with Crippen molar-refractivity contribution in [2.45, 2.75) is 32.1 Å². The smallest absolute Gasteiger partial charge is 0.228 e. The predicted molar refractivity (Wildman–Crippen MR) is 102 cm³/mol. The van der Waals surface area contributed by atoms with Crippen molar-refractivity contribution in [1.29, 1.82) is 0 Å². The lowest BCUT2D eigenvalue weighted by atomic mass is 10.0. The van der Waals surface area contributed by atoms with Crippen molar-refractivity contribution in [3.63, 3.8) is 0 Å². The molecule has 0 aliphatic rings. The minimum absolute atomic E-state index is 0.0229. The second kappa shape index (κ2) is 6.96. The van der Waals surface area contributed by atoms with Gasteiger partial charge >= 0.3 is 0 Å². The molecule has 0 fully saturated rings. The van der Waals surface area contributed by atoms with E-state index in [0.29, 0.717) is 5.69 Å². The molecule has 0 saturated carbocycles. The molecule has 0 saturated heterocycles. The van der Waals surface area contributed by atoms with Crippen molar-refractivity contribution in [2.75, 3.05) is 11.1 Å². The van der Waals surface area contributed by atoms with Crippen molar-refractivity contribution in [1.82, 2.24) is 0 Å². The predicted octanol–water partition coefficient (Wildman–Crippen LogP) is 4.02. The lowest BCUT2D eigenvalue weighted by molar-refractivity contribution is -0.115. The van der Waals surface area contributed by atoms with Gasteiger partial charge in [0.1, 0.15) is 5.58 Å². The second-order valence-electron chi connectivity index (χ2n) is 6.27. The molecule has 1 N–H and O–H groups in total. The Morgan fingerprint density at radius 3 is 2.58 bits per heavy atom. The Bertz CT molecular complexity index is 1080. The largest absolute Gasteiger partial charge is 0.464 e. The highest BCUT2D eigenvalue weighted by Gasteiger charge is 2.18. The van der Waals surface area contributed by atoms with Gasteiger partial charge in [-0.2, -0.15) is 0 Å². The number of para-hydroxylation sites is 1. The van der Waals surface area contributed by atoms with E-state index in [0.717, 1.165) is 27.7 Å². The van der Waals surface area contributed by atoms with Crippen LogP contribution < -0.4 is 5.32 Å². The minimum atomic E-state index is -3.41. The second-order valence-corrected chi connectivity index (χ2v) is 8.52. The fraction of sp³-hybridized carbons (Fsp3) is 0.250. The van der Waals surface area contributed by atoms with Crippen LogP contribution in [0.25, 0.3) is 11.0 Å². The molecular weight excluding hydrogens is 350 g/mol. The molecule has 26 heavy (non-hydrogen) atoms. The first-order valence-corrected chi connectivity index (χ1v) is 10.1. The van der Waals surface area contributed by atoms with E-state index in [1.165, 1.54) is 6.07 Å². The van der Waals surface area contributed by atoms with Crippen molar-refractivity contribution >= 4 is 32.4 Å². The van der Waals surface area contributed by atoms with Gasteiger partial charge in [0.15, 0.2) is 9.84 Å². The molecule has 3 rings (SSSR count). The number of sulfone groups is 1. The summed E-state index contributed by atoms with van der Waals surface area (Å²) in [6.07, 6.45) is 1.70. The van der Waals surface area contributed by atoms with Crippen molar-refractivity contribution in [3.8, 4) is 0 Å². The van der Waals surface area contributed by atoms with Crippen LogP contribution in [0.4, 0.5) is 5.69 Å². The van der Waals surface area contributed by atoms with Gasteiger partial charge in [0.25, 0.3) is 0 Å². The SMILES string of the molecule is CCS(=O)(=O)c1ccccc1NC(=O)Cc1coc2c(C)c(C)ccc12. The third-order valence-electron chi connectivity index (χ3n) is 4.57. The molecule has 0 atom stereocenters. The summed E-state index contributed by atoms with van der Waals surface area (Å²) in [4.78, 5) is 12.6. The summed E-state index contributed by atoms with van der Waals surface area (Å²) in [5, 5.41) is 3.62. The quantitative estimate of drug-likeness (QED) is 0.735. The van der Waals surface area contributed by atoms with E-state index in [9.17, 15) is 13.2 Å². The number of nitrogens with one attached hydrogen (secondary N) is 1. The lowest BCUT2D eigenvalue weighted by Crippen LogP contribution is -2.17. The van der Waals surface area contributed by atoms with Gasteiger partial charge in [-0.1, -0.05) is 31.2 Å². The summed E-state index contributed by atoms with van der Waals surface area (Å²) in [6, 6.07) is 10.4. The maximum absolute atomic E-state index is 12.5. The Labute approximate surface area is 152 Å².